The predicted molar refractivity (Wildman–Crippen MR) is 70.5 cm³/mol. The Morgan fingerprint density at radius 2 is 2.14 bits per heavy atom. The molecule has 0 radical (unpaired) electrons. The van der Waals surface area contributed by atoms with Gasteiger partial charge in [0.05, 0.1) is 17.3 Å². The van der Waals surface area contributed by atoms with Crippen molar-refractivity contribution < 1.29 is 18.0 Å². The Balaban J connectivity index is 2.27. The number of amides is 1. The molecule has 2 aromatic rings. The summed E-state index contributed by atoms with van der Waals surface area (Å²) in [7, 11) is 1.63. The quantitative estimate of drug-likeness (QED) is 0.912. The number of aromatic nitrogens is 2. The smallest absolute Gasteiger partial charge is 0.326 e. The van der Waals surface area contributed by atoms with Crippen molar-refractivity contribution in [3.63, 3.8) is 0 Å². The van der Waals surface area contributed by atoms with Crippen LogP contribution in [-0.2, 0) is 19.8 Å². The molecule has 0 atom stereocenters. The number of halogens is 3. The number of hydrogen-bond acceptors (Lipinski definition) is 3. The third-order valence-corrected chi connectivity index (χ3v) is 2.86. The molecule has 0 fully saturated rings. The number of rotatable bonds is 3. The third-order valence-electron chi connectivity index (χ3n) is 2.86. The first kappa shape index (κ1) is 15.0. The molecular formula is C13H13F3N4O. The van der Waals surface area contributed by atoms with E-state index in [1.165, 1.54) is 29.2 Å². The van der Waals surface area contributed by atoms with E-state index in [0.29, 0.717) is 0 Å². The highest BCUT2D eigenvalue weighted by atomic mass is 19.4. The second kappa shape index (κ2) is 5.57. The lowest BCUT2D eigenvalue weighted by molar-refractivity contribution is -0.138. The van der Waals surface area contributed by atoms with Gasteiger partial charge in [0, 0.05) is 25.5 Å². The maximum Gasteiger partial charge on any atom is 0.416 e. The normalized spacial score (nSPS) is 11.5. The Morgan fingerprint density at radius 1 is 1.43 bits per heavy atom. The van der Waals surface area contributed by atoms with Crippen LogP contribution in [0.2, 0.25) is 0 Å². The Bertz CT molecular complexity index is 664. The van der Waals surface area contributed by atoms with Crippen molar-refractivity contribution in [3.05, 3.63) is 47.3 Å². The fourth-order valence-electron chi connectivity index (χ4n) is 1.84. The lowest BCUT2D eigenvalue weighted by Gasteiger charge is -2.13. The number of aryl methyl sites for hydroxylation is 1. The van der Waals surface area contributed by atoms with Crippen LogP contribution in [0, 0.1) is 0 Å². The maximum absolute atomic E-state index is 12.9. The van der Waals surface area contributed by atoms with Gasteiger partial charge in [0.2, 0.25) is 0 Å². The molecule has 0 bridgehead atoms. The molecule has 21 heavy (non-hydrogen) atoms. The van der Waals surface area contributed by atoms with Crippen molar-refractivity contribution in [2.75, 3.05) is 5.32 Å². The minimum absolute atomic E-state index is 0.0260. The molecule has 0 saturated heterocycles. The zero-order valence-corrected chi connectivity index (χ0v) is 11.1. The Kier molecular flexibility index (Phi) is 3.99. The largest absolute Gasteiger partial charge is 0.416 e. The van der Waals surface area contributed by atoms with Crippen molar-refractivity contribution in [2.24, 2.45) is 12.8 Å². The van der Waals surface area contributed by atoms with Gasteiger partial charge < -0.3 is 11.1 Å². The second-order valence-corrected chi connectivity index (χ2v) is 4.43. The van der Waals surface area contributed by atoms with Crippen LogP contribution in [0.15, 0.2) is 30.6 Å². The van der Waals surface area contributed by atoms with Crippen molar-refractivity contribution in [1.29, 1.82) is 0 Å². The van der Waals surface area contributed by atoms with Crippen LogP contribution >= 0.6 is 0 Å². The van der Waals surface area contributed by atoms with Gasteiger partial charge in [0.15, 0.2) is 0 Å². The van der Waals surface area contributed by atoms with E-state index < -0.39 is 17.6 Å². The van der Waals surface area contributed by atoms with Crippen LogP contribution in [0.25, 0.3) is 0 Å². The summed E-state index contributed by atoms with van der Waals surface area (Å²) in [6, 6.07) is 3.50. The first-order valence-electron chi connectivity index (χ1n) is 6.01. The SMILES string of the molecule is Cn1cc(C(=O)Nc2ccc(CN)c(C(F)(F)F)c2)cn1. The average Bonchev–Trinajstić information content (AvgIpc) is 2.84. The molecule has 2 rings (SSSR count). The number of nitrogens with zero attached hydrogens (tertiary/aromatic N) is 2. The molecule has 0 saturated carbocycles. The zero-order chi connectivity index (χ0) is 15.6. The molecule has 0 aliphatic carbocycles. The van der Waals surface area contributed by atoms with Gasteiger partial charge in [-0.15, -0.1) is 0 Å². The van der Waals surface area contributed by atoms with Crippen LogP contribution in [0.4, 0.5) is 18.9 Å². The highest BCUT2D eigenvalue weighted by molar-refractivity contribution is 6.04. The first-order valence-corrected chi connectivity index (χ1v) is 6.01. The van der Waals surface area contributed by atoms with Gasteiger partial charge in [-0.1, -0.05) is 6.07 Å². The number of nitrogens with one attached hydrogen (secondary N) is 1. The molecule has 112 valence electrons. The van der Waals surface area contributed by atoms with Gasteiger partial charge in [-0.2, -0.15) is 18.3 Å². The summed E-state index contributed by atoms with van der Waals surface area (Å²) < 4.78 is 40.1. The number of nitrogens with two attached hydrogens (primary N) is 1. The van der Waals surface area contributed by atoms with Crippen molar-refractivity contribution >= 4 is 11.6 Å². The standard InChI is InChI=1S/C13H13F3N4O/c1-20-7-9(6-18-20)12(21)19-10-3-2-8(5-17)11(4-10)13(14,15)16/h2-4,6-7H,5,17H2,1H3,(H,19,21). The summed E-state index contributed by atoms with van der Waals surface area (Å²) in [4.78, 5) is 11.9. The molecule has 3 N–H and O–H groups in total. The Hall–Kier alpha value is -2.35. The molecule has 1 aromatic heterocycles. The van der Waals surface area contributed by atoms with E-state index in [0.717, 1.165) is 6.07 Å². The van der Waals surface area contributed by atoms with Crippen LogP contribution in [0.1, 0.15) is 21.5 Å². The molecule has 0 spiro atoms. The molecule has 5 nitrogen and oxygen atoms in total. The number of anilines is 1. The fourth-order valence-corrected chi connectivity index (χ4v) is 1.84. The topological polar surface area (TPSA) is 72.9 Å². The summed E-state index contributed by atoms with van der Waals surface area (Å²) in [5.41, 5.74) is 4.72. The fraction of sp³-hybridized carbons (Fsp3) is 0.231. The lowest BCUT2D eigenvalue weighted by atomic mass is 10.1. The summed E-state index contributed by atoms with van der Waals surface area (Å²) in [6.07, 6.45) is -1.73. The zero-order valence-electron chi connectivity index (χ0n) is 11.1. The van der Waals surface area contributed by atoms with E-state index in [9.17, 15) is 18.0 Å². The number of alkyl halides is 3. The van der Waals surface area contributed by atoms with Crippen LogP contribution in [0.3, 0.4) is 0 Å². The monoisotopic (exact) mass is 298 g/mol. The number of carbonyl (C=O) groups excluding carboxylic acids is 1. The van der Waals surface area contributed by atoms with Crippen LogP contribution in [-0.4, -0.2) is 15.7 Å². The Labute approximate surface area is 118 Å². The van der Waals surface area contributed by atoms with Crippen LogP contribution in [0.5, 0.6) is 0 Å². The van der Waals surface area contributed by atoms with Gasteiger partial charge in [-0.05, 0) is 17.7 Å². The Morgan fingerprint density at radius 3 is 2.67 bits per heavy atom. The summed E-state index contributed by atoms with van der Waals surface area (Å²) in [5.74, 6) is -0.531. The summed E-state index contributed by atoms with van der Waals surface area (Å²) in [6.45, 7) is -0.230. The number of benzene rings is 1. The van der Waals surface area contributed by atoms with Crippen molar-refractivity contribution in [1.82, 2.24) is 9.78 Å². The van der Waals surface area contributed by atoms with E-state index in [1.807, 2.05) is 0 Å². The molecule has 1 aromatic carbocycles. The molecule has 0 aliphatic heterocycles. The van der Waals surface area contributed by atoms with Crippen molar-refractivity contribution in [3.8, 4) is 0 Å². The highest BCUT2D eigenvalue weighted by Crippen LogP contribution is 2.33. The number of carbonyl (C=O) groups is 1. The van der Waals surface area contributed by atoms with Gasteiger partial charge >= 0.3 is 6.18 Å². The summed E-state index contributed by atoms with van der Waals surface area (Å²) >= 11 is 0. The average molecular weight is 298 g/mol. The van der Waals surface area contributed by atoms with E-state index in [2.05, 4.69) is 10.4 Å². The molecule has 0 aliphatic rings. The minimum Gasteiger partial charge on any atom is -0.326 e. The van der Waals surface area contributed by atoms with E-state index in [4.69, 9.17) is 5.73 Å². The predicted octanol–water partition coefficient (Wildman–Crippen LogP) is 2.15. The second-order valence-electron chi connectivity index (χ2n) is 4.43. The van der Waals surface area contributed by atoms with Crippen LogP contribution < -0.4 is 11.1 Å². The van der Waals surface area contributed by atoms with Gasteiger partial charge in [-0.25, -0.2) is 0 Å². The van der Waals surface area contributed by atoms with Gasteiger partial charge in [0.25, 0.3) is 5.91 Å². The van der Waals surface area contributed by atoms with Gasteiger partial charge in [-0.3, -0.25) is 9.48 Å². The molecule has 8 heteroatoms. The van der Waals surface area contributed by atoms with Gasteiger partial charge in [0.1, 0.15) is 0 Å². The lowest BCUT2D eigenvalue weighted by Crippen LogP contribution is -2.15. The first-order chi connectivity index (χ1) is 9.81. The van der Waals surface area contributed by atoms with E-state index >= 15 is 0 Å². The minimum atomic E-state index is -4.52. The van der Waals surface area contributed by atoms with E-state index in [1.54, 1.807) is 7.05 Å². The highest BCUT2D eigenvalue weighted by Gasteiger charge is 2.33. The third kappa shape index (κ3) is 3.40. The molecule has 0 unspecified atom stereocenters. The molecule has 1 heterocycles. The van der Waals surface area contributed by atoms with E-state index in [-0.39, 0.29) is 23.4 Å². The number of hydrogen-bond donors (Lipinski definition) is 2. The molecular weight excluding hydrogens is 285 g/mol. The maximum atomic E-state index is 12.9. The molecule has 1 amide bonds. The van der Waals surface area contributed by atoms with Crippen molar-refractivity contribution in [2.45, 2.75) is 12.7 Å². The summed E-state index contributed by atoms with van der Waals surface area (Å²) in [5, 5.41) is 6.23.